The summed E-state index contributed by atoms with van der Waals surface area (Å²) in [7, 11) is 0. The third kappa shape index (κ3) is 5.48. The van der Waals surface area contributed by atoms with Gasteiger partial charge in [0.1, 0.15) is 0 Å². The van der Waals surface area contributed by atoms with Crippen LogP contribution < -0.4 is 10.6 Å². The van der Waals surface area contributed by atoms with Crippen molar-refractivity contribution in [2.75, 3.05) is 11.1 Å². The van der Waals surface area contributed by atoms with Crippen LogP contribution in [0.2, 0.25) is 0 Å². The number of anilines is 1. The van der Waals surface area contributed by atoms with Crippen molar-refractivity contribution in [3.63, 3.8) is 0 Å². The maximum Gasteiger partial charge on any atom is 0.235 e. The fourth-order valence-electron chi connectivity index (χ4n) is 7.06. The van der Waals surface area contributed by atoms with E-state index in [9.17, 15) is 9.59 Å². The summed E-state index contributed by atoms with van der Waals surface area (Å²) >= 11 is 2.88. The summed E-state index contributed by atoms with van der Waals surface area (Å²) in [4.78, 5) is 26.0. The molecule has 0 atom stereocenters. The first-order valence-electron chi connectivity index (χ1n) is 13.3. The van der Waals surface area contributed by atoms with E-state index in [1.165, 1.54) is 47.9 Å². The van der Waals surface area contributed by atoms with Crippen LogP contribution in [0.4, 0.5) is 5.00 Å². The number of aromatic nitrogens is 3. The van der Waals surface area contributed by atoms with Crippen molar-refractivity contribution in [1.82, 2.24) is 20.1 Å². The largest absolute Gasteiger partial charge is 0.348 e. The molecule has 4 aliphatic carbocycles. The molecule has 3 aromatic rings. The minimum absolute atomic E-state index is 0.0678. The molecule has 1 aromatic carbocycles. The van der Waals surface area contributed by atoms with Crippen LogP contribution in [0.25, 0.3) is 0 Å². The maximum absolute atomic E-state index is 13.5. The molecular weight excluding hydrogens is 502 g/mol. The van der Waals surface area contributed by atoms with Gasteiger partial charge in [0, 0.05) is 12.0 Å². The molecule has 7 rings (SSSR count). The molecule has 9 heteroatoms. The normalized spacial score (nSPS) is 25.8. The van der Waals surface area contributed by atoms with Gasteiger partial charge in [0.05, 0.1) is 17.3 Å². The Morgan fingerprint density at radius 2 is 1.73 bits per heavy atom. The maximum atomic E-state index is 13.5. The van der Waals surface area contributed by atoms with E-state index in [0.29, 0.717) is 18.2 Å². The number of carbonyl (C=O) groups is 2. The quantitative estimate of drug-likeness (QED) is 0.351. The molecule has 4 fully saturated rings. The number of benzene rings is 1. The lowest BCUT2D eigenvalue weighted by molar-refractivity contribution is -0.146. The Balaban J connectivity index is 1.13. The van der Waals surface area contributed by atoms with Crippen molar-refractivity contribution in [3.05, 3.63) is 59.2 Å². The summed E-state index contributed by atoms with van der Waals surface area (Å²) in [6.45, 7) is 1.05. The topological polar surface area (TPSA) is 88.9 Å². The SMILES string of the molecule is O=C(CSc1nnc(CNC(=O)C23CC4CC(CC(C4)C2)C3)n1CCc1ccccc1)Nc1cccs1. The van der Waals surface area contributed by atoms with Crippen molar-refractivity contribution in [1.29, 1.82) is 0 Å². The minimum atomic E-state index is -0.179. The molecule has 7 nitrogen and oxygen atoms in total. The molecule has 0 spiro atoms. The summed E-state index contributed by atoms with van der Waals surface area (Å²) in [6, 6.07) is 14.1. The van der Waals surface area contributed by atoms with Crippen LogP contribution in [0.3, 0.4) is 0 Å². The fourth-order valence-corrected chi connectivity index (χ4v) is 8.47. The van der Waals surface area contributed by atoms with Gasteiger partial charge < -0.3 is 15.2 Å². The molecule has 37 heavy (non-hydrogen) atoms. The van der Waals surface area contributed by atoms with Crippen LogP contribution in [0.5, 0.6) is 0 Å². The van der Waals surface area contributed by atoms with Gasteiger partial charge in [-0.25, -0.2) is 0 Å². The van der Waals surface area contributed by atoms with E-state index < -0.39 is 0 Å². The Hall–Kier alpha value is -2.65. The molecule has 2 aromatic heterocycles. The number of nitrogens with one attached hydrogen (secondary N) is 2. The molecule has 0 aliphatic heterocycles. The van der Waals surface area contributed by atoms with E-state index in [0.717, 1.165) is 54.3 Å². The van der Waals surface area contributed by atoms with Gasteiger partial charge in [-0.2, -0.15) is 0 Å². The van der Waals surface area contributed by atoms with Crippen molar-refractivity contribution in [3.8, 4) is 0 Å². The highest BCUT2D eigenvalue weighted by molar-refractivity contribution is 7.99. The Bertz CT molecular complexity index is 1210. The third-order valence-corrected chi connectivity index (χ3v) is 10.1. The van der Waals surface area contributed by atoms with Gasteiger partial charge in [-0.15, -0.1) is 21.5 Å². The van der Waals surface area contributed by atoms with Crippen molar-refractivity contribution in [2.45, 2.75) is 63.2 Å². The molecule has 2 N–H and O–H groups in total. The van der Waals surface area contributed by atoms with Gasteiger partial charge in [0.15, 0.2) is 11.0 Å². The number of aryl methyl sites for hydroxylation is 1. The summed E-state index contributed by atoms with van der Waals surface area (Å²) in [6.07, 6.45) is 7.93. The summed E-state index contributed by atoms with van der Waals surface area (Å²) in [5.41, 5.74) is 1.05. The number of hydrogen-bond donors (Lipinski definition) is 2. The molecule has 0 unspecified atom stereocenters. The Morgan fingerprint density at radius 1 is 1.00 bits per heavy atom. The highest BCUT2D eigenvalue weighted by Crippen LogP contribution is 2.60. The summed E-state index contributed by atoms with van der Waals surface area (Å²) in [5.74, 6) is 3.33. The van der Waals surface area contributed by atoms with Crippen molar-refractivity contribution in [2.24, 2.45) is 23.2 Å². The van der Waals surface area contributed by atoms with Gasteiger partial charge in [0.25, 0.3) is 0 Å². The van der Waals surface area contributed by atoms with E-state index in [1.807, 2.05) is 35.7 Å². The number of carbonyl (C=O) groups excluding carboxylic acids is 2. The van der Waals surface area contributed by atoms with Crippen LogP contribution in [0.1, 0.15) is 49.9 Å². The first-order valence-corrected chi connectivity index (χ1v) is 15.1. The second-order valence-electron chi connectivity index (χ2n) is 11.0. The van der Waals surface area contributed by atoms with Crippen LogP contribution in [0.15, 0.2) is 53.0 Å². The molecule has 0 saturated heterocycles. The average molecular weight is 536 g/mol. The molecule has 194 valence electrons. The van der Waals surface area contributed by atoms with Gasteiger partial charge in [-0.05, 0) is 85.8 Å². The standard InChI is InChI=1S/C28H33N5O2S2/c34-24(30-25-7-4-10-36-25)18-37-27-32-31-23(33(27)9-8-19-5-2-1-3-6-19)17-29-26(35)28-14-20-11-21(15-28)13-22(12-20)16-28/h1-7,10,20-22H,8-9,11-18H2,(H,29,35)(H,30,34). The van der Waals surface area contributed by atoms with Crippen LogP contribution in [-0.2, 0) is 29.1 Å². The monoisotopic (exact) mass is 535 g/mol. The lowest BCUT2D eigenvalue weighted by Crippen LogP contribution is -2.53. The third-order valence-electron chi connectivity index (χ3n) is 8.30. The smallest absolute Gasteiger partial charge is 0.235 e. The number of hydrogen-bond acceptors (Lipinski definition) is 6. The highest BCUT2D eigenvalue weighted by atomic mass is 32.2. The predicted octanol–water partition coefficient (Wildman–Crippen LogP) is 5.15. The molecule has 2 heterocycles. The first kappa shape index (κ1) is 24.7. The highest BCUT2D eigenvalue weighted by Gasteiger charge is 2.54. The van der Waals surface area contributed by atoms with E-state index >= 15 is 0 Å². The Kier molecular flexibility index (Phi) is 7.08. The zero-order chi connectivity index (χ0) is 25.2. The number of thioether (sulfide) groups is 1. The average Bonchev–Trinajstić information content (AvgIpc) is 3.54. The second kappa shape index (κ2) is 10.6. The van der Waals surface area contributed by atoms with Crippen molar-refractivity contribution >= 4 is 39.9 Å². The van der Waals surface area contributed by atoms with E-state index in [4.69, 9.17) is 0 Å². The van der Waals surface area contributed by atoms with Crippen molar-refractivity contribution < 1.29 is 9.59 Å². The number of nitrogens with zero attached hydrogens (tertiary/aromatic N) is 3. The number of amides is 2. The molecule has 4 bridgehead atoms. The van der Waals surface area contributed by atoms with Gasteiger partial charge in [0.2, 0.25) is 11.8 Å². The second-order valence-corrected chi connectivity index (χ2v) is 12.9. The number of rotatable bonds is 10. The molecule has 0 radical (unpaired) electrons. The minimum Gasteiger partial charge on any atom is -0.348 e. The van der Waals surface area contributed by atoms with Crippen LogP contribution in [0, 0.1) is 23.2 Å². The molecule has 4 aliphatic rings. The summed E-state index contributed by atoms with van der Waals surface area (Å²) in [5, 5.41) is 18.5. The van der Waals surface area contributed by atoms with Gasteiger partial charge in [-0.1, -0.05) is 42.1 Å². The van der Waals surface area contributed by atoms with Gasteiger partial charge >= 0.3 is 0 Å². The Morgan fingerprint density at radius 3 is 2.41 bits per heavy atom. The van der Waals surface area contributed by atoms with Crippen LogP contribution >= 0.6 is 23.1 Å². The molecular formula is C28H33N5O2S2. The fraction of sp³-hybridized carbons (Fsp3) is 0.500. The first-order chi connectivity index (χ1) is 18.1. The zero-order valence-electron chi connectivity index (χ0n) is 20.9. The van der Waals surface area contributed by atoms with E-state index in [2.05, 4.69) is 37.5 Å². The lowest BCUT2D eigenvalue weighted by atomic mass is 9.49. The lowest BCUT2D eigenvalue weighted by Gasteiger charge is -2.55. The van der Waals surface area contributed by atoms with E-state index in [-0.39, 0.29) is 23.0 Å². The molecule has 2 amide bonds. The zero-order valence-corrected chi connectivity index (χ0v) is 22.5. The van der Waals surface area contributed by atoms with Gasteiger partial charge in [-0.3, -0.25) is 9.59 Å². The summed E-state index contributed by atoms with van der Waals surface area (Å²) < 4.78 is 2.07. The Labute approximate surface area is 225 Å². The van der Waals surface area contributed by atoms with Crippen LogP contribution in [-0.4, -0.2) is 32.3 Å². The van der Waals surface area contributed by atoms with E-state index in [1.54, 1.807) is 0 Å². The molecule has 4 saturated carbocycles. The number of thiophene rings is 1. The predicted molar refractivity (Wildman–Crippen MR) is 146 cm³/mol.